The van der Waals surface area contributed by atoms with Crippen molar-refractivity contribution in [2.24, 2.45) is 12.8 Å². The van der Waals surface area contributed by atoms with Crippen LogP contribution in [0.15, 0.2) is 41.2 Å². The zero-order valence-corrected chi connectivity index (χ0v) is 11.2. The second-order valence-electron chi connectivity index (χ2n) is 4.24. The Morgan fingerprint density at radius 2 is 1.95 bits per heavy atom. The summed E-state index contributed by atoms with van der Waals surface area (Å²) in [5, 5.41) is 0. The van der Waals surface area contributed by atoms with Gasteiger partial charge in [0.2, 0.25) is 0 Å². The summed E-state index contributed by atoms with van der Waals surface area (Å²) in [6.45, 7) is 2.78. The summed E-state index contributed by atoms with van der Waals surface area (Å²) in [7, 11) is 1.75. The first-order valence-corrected chi connectivity index (χ1v) is 6.30. The van der Waals surface area contributed by atoms with Crippen molar-refractivity contribution in [3.05, 3.63) is 52.3 Å². The van der Waals surface area contributed by atoms with Crippen molar-refractivity contribution < 1.29 is 4.74 Å². The lowest BCUT2D eigenvalue weighted by Crippen LogP contribution is -2.24. The zero-order valence-electron chi connectivity index (χ0n) is 11.2. The van der Waals surface area contributed by atoms with Crippen LogP contribution in [-0.2, 0) is 13.6 Å². The fourth-order valence-corrected chi connectivity index (χ4v) is 2.07. The molecular weight excluding hydrogens is 240 g/mol. The first-order chi connectivity index (χ1) is 9.19. The number of benzene rings is 1. The van der Waals surface area contributed by atoms with Crippen molar-refractivity contribution in [3.8, 4) is 17.0 Å². The number of ether oxygens (including phenoxy) is 1. The van der Waals surface area contributed by atoms with Gasteiger partial charge in [0.15, 0.2) is 0 Å². The van der Waals surface area contributed by atoms with E-state index in [1.54, 1.807) is 17.7 Å². The van der Waals surface area contributed by atoms with Crippen molar-refractivity contribution in [2.75, 3.05) is 6.61 Å². The van der Waals surface area contributed by atoms with Crippen LogP contribution in [0.4, 0.5) is 0 Å². The van der Waals surface area contributed by atoms with Crippen LogP contribution in [0.2, 0.25) is 0 Å². The minimum atomic E-state index is -0.0636. The van der Waals surface area contributed by atoms with Crippen LogP contribution in [0, 0.1) is 0 Å². The molecule has 1 heterocycles. The Kier molecular flexibility index (Phi) is 4.02. The van der Waals surface area contributed by atoms with E-state index in [0.29, 0.717) is 12.2 Å². The summed E-state index contributed by atoms with van der Waals surface area (Å²) >= 11 is 0. The molecule has 0 saturated heterocycles. The number of rotatable bonds is 4. The molecule has 0 radical (unpaired) electrons. The van der Waals surface area contributed by atoms with E-state index in [1.807, 2.05) is 37.3 Å². The highest BCUT2D eigenvalue weighted by Crippen LogP contribution is 2.28. The Bertz CT molecular complexity index is 632. The van der Waals surface area contributed by atoms with E-state index in [2.05, 4.69) is 0 Å². The number of nitrogens with two attached hydrogens (primary N) is 1. The minimum Gasteiger partial charge on any atom is -0.493 e. The molecule has 0 bridgehead atoms. The SMILES string of the molecule is CCOc1ccccc1-c1ccc(CN)c(=O)n1C. The molecule has 0 saturated carbocycles. The van der Waals surface area contributed by atoms with Crippen LogP contribution in [-0.4, -0.2) is 11.2 Å². The molecule has 0 aliphatic heterocycles. The molecule has 4 heteroatoms. The smallest absolute Gasteiger partial charge is 0.255 e. The predicted octanol–water partition coefficient (Wildman–Crippen LogP) is 1.91. The Labute approximate surface area is 112 Å². The molecule has 1 aromatic heterocycles. The normalized spacial score (nSPS) is 10.5. The Balaban J connectivity index is 2.60. The van der Waals surface area contributed by atoms with Gasteiger partial charge in [-0.25, -0.2) is 0 Å². The van der Waals surface area contributed by atoms with Gasteiger partial charge in [-0.1, -0.05) is 18.2 Å². The molecule has 19 heavy (non-hydrogen) atoms. The molecule has 0 aliphatic rings. The van der Waals surface area contributed by atoms with Gasteiger partial charge in [-0.15, -0.1) is 0 Å². The average molecular weight is 258 g/mol. The third kappa shape index (κ3) is 2.53. The second kappa shape index (κ2) is 5.71. The first-order valence-electron chi connectivity index (χ1n) is 6.30. The lowest BCUT2D eigenvalue weighted by molar-refractivity contribution is 0.341. The fraction of sp³-hybridized carbons (Fsp3) is 0.267. The quantitative estimate of drug-likeness (QED) is 0.911. The van der Waals surface area contributed by atoms with E-state index >= 15 is 0 Å². The van der Waals surface area contributed by atoms with E-state index in [-0.39, 0.29) is 12.1 Å². The summed E-state index contributed by atoms with van der Waals surface area (Å²) in [4.78, 5) is 12.1. The summed E-state index contributed by atoms with van der Waals surface area (Å²) in [5.41, 5.74) is 7.83. The van der Waals surface area contributed by atoms with Gasteiger partial charge in [0.05, 0.1) is 12.3 Å². The number of para-hydroxylation sites is 1. The highest BCUT2D eigenvalue weighted by molar-refractivity contribution is 5.67. The molecule has 0 atom stereocenters. The second-order valence-corrected chi connectivity index (χ2v) is 4.24. The molecule has 0 spiro atoms. The van der Waals surface area contributed by atoms with Crippen molar-refractivity contribution in [1.29, 1.82) is 0 Å². The molecule has 0 unspecified atom stereocenters. The Morgan fingerprint density at radius 1 is 1.21 bits per heavy atom. The Morgan fingerprint density at radius 3 is 2.63 bits per heavy atom. The van der Waals surface area contributed by atoms with Gasteiger partial charge in [0.25, 0.3) is 5.56 Å². The summed E-state index contributed by atoms with van der Waals surface area (Å²) in [5.74, 6) is 0.778. The number of pyridine rings is 1. The lowest BCUT2D eigenvalue weighted by atomic mass is 10.1. The van der Waals surface area contributed by atoms with Crippen molar-refractivity contribution in [1.82, 2.24) is 4.57 Å². The van der Waals surface area contributed by atoms with Crippen LogP contribution in [0.1, 0.15) is 12.5 Å². The zero-order chi connectivity index (χ0) is 13.8. The van der Waals surface area contributed by atoms with Gasteiger partial charge in [0.1, 0.15) is 5.75 Å². The molecule has 2 N–H and O–H groups in total. The van der Waals surface area contributed by atoms with Gasteiger partial charge in [-0.05, 0) is 25.1 Å². The van der Waals surface area contributed by atoms with Crippen LogP contribution in [0.5, 0.6) is 5.75 Å². The van der Waals surface area contributed by atoms with Crippen molar-refractivity contribution >= 4 is 0 Å². The maximum Gasteiger partial charge on any atom is 0.255 e. The van der Waals surface area contributed by atoms with E-state index in [4.69, 9.17) is 10.5 Å². The number of nitrogens with zero attached hydrogens (tertiary/aromatic N) is 1. The Hall–Kier alpha value is -2.07. The van der Waals surface area contributed by atoms with Gasteiger partial charge >= 0.3 is 0 Å². The van der Waals surface area contributed by atoms with Crippen LogP contribution >= 0.6 is 0 Å². The predicted molar refractivity (Wildman–Crippen MR) is 76.2 cm³/mol. The highest BCUT2D eigenvalue weighted by atomic mass is 16.5. The number of hydrogen-bond acceptors (Lipinski definition) is 3. The maximum atomic E-state index is 12.1. The third-order valence-electron chi connectivity index (χ3n) is 3.07. The maximum absolute atomic E-state index is 12.1. The molecule has 4 nitrogen and oxygen atoms in total. The van der Waals surface area contributed by atoms with Gasteiger partial charge in [-0.3, -0.25) is 4.79 Å². The van der Waals surface area contributed by atoms with Crippen LogP contribution in [0.25, 0.3) is 11.3 Å². The van der Waals surface area contributed by atoms with E-state index in [1.165, 1.54) is 0 Å². The molecular formula is C15H18N2O2. The average Bonchev–Trinajstić information content (AvgIpc) is 2.43. The summed E-state index contributed by atoms with van der Waals surface area (Å²) < 4.78 is 7.21. The molecule has 0 aliphatic carbocycles. The van der Waals surface area contributed by atoms with Crippen molar-refractivity contribution in [2.45, 2.75) is 13.5 Å². The van der Waals surface area contributed by atoms with Crippen LogP contribution < -0.4 is 16.0 Å². The first kappa shape index (κ1) is 13.4. The third-order valence-corrected chi connectivity index (χ3v) is 3.07. The van der Waals surface area contributed by atoms with Gasteiger partial charge < -0.3 is 15.0 Å². The number of aromatic nitrogens is 1. The molecule has 1 aromatic carbocycles. The molecule has 2 aromatic rings. The molecule has 0 fully saturated rings. The molecule has 0 amide bonds. The topological polar surface area (TPSA) is 57.2 Å². The lowest BCUT2D eigenvalue weighted by Gasteiger charge is -2.14. The molecule has 100 valence electrons. The fourth-order valence-electron chi connectivity index (χ4n) is 2.07. The van der Waals surface area contributed by atoms with Crippen LogP contribution in [0.3, 0.4) is 0 Å². The monoisotopic (exact) mass is 258 g/mol. The van der Waals surface area contributed by atoms with E-state index in [9.17, 15) is 4.79 Å². The molecule has 2 rings (SSSR count). The summed E-state index contributed by atoms with van der Waals surface area (Å²) in [6, 6.07) is 11.4. The van der Waals surface area contributed by atoms with Crippen molar-refractivity contribution in [3.63, 3.8) is 0 Å². The minimum absolute atomic E-state index is 0.0636. The van der Waals surface area contributed by atoms with Gasteiger partial charge in [-0.2, -0.15) is 0 Å². The largest absolute Gasteiger partial charge is 0.493 e. The standard InChI is InChI=1S/C15H18N2O2/c1-3-19-14-7-5-4-6-12(14)13-9-8-11(10-16)15(18)17(13)2/h4-9H,3,10,16H2,1-2H3. The summed E-state index contributed by atoms with van der Waals surface area (Å²) in [6.07, 6.45) is 0. The van der Waals surface area contributed by atoms with E-state index < -0.39 is 0 Å². The highest BCUT2D eigenvalue weighted by Gasteiger charge is 2.10. The number of hydrogen-bond donors (Lipinski definition) is 1. The van der Waals surface area contributed by atoms with Gasteiger partial charge in [0, 0.05) is 24.7 Å². The van der Waals surface area contributed by atoms with E-state index in [0.717, 1.165) is 17.0 Å².